The number of rotatable bonds is 2. The lowest BCUT2D eigenvalue weighted by Gasteiger charge is -2.22. The molecular weight excluding hydrogens is 256 g/mol. The number of hydrogen-bond donors (Lipinski definition) is 2. The third kappa shape index (κ3) is 3.30. The molecule has 0 atom stereocenters. The van der Waals surface area contributed by atoms with Crippen LogP contribution in [0.5, 0.6) is 0 Å². The van der Waals surface area contributed by atoms with E-state index in [0.717, 1.165) is 24.3 Å². The number of thioether (sulfide) groups is 1. The van der Waals surface area contributed by atoms with Crippen LogP contribution in [0.3, 0.4) is 0 Å². The van der Waals surface area contributed by atoms with Crippen molar-refractivity contribution in [3.63, 3.8) is 0 Å². The van der Waals surface area contributed by atoms with Crippen LogP contribution in [0.4, 0.5) is 5.69 Å². The Kier molecular flexibility index (Phi) is 4.18. The van der Waals surface area contributed by atoms with Crippen molar-refractivity contribution >= 4 is 35.0 Å². The summed E-state index contributed by atoms with van der Waals surface area (Å²) in [6.45, 7) is 0. The molecule has 92 valence electrons. The smallest absolute Gasteiger partial charge is 0.253 e. The number of anilines is 1. The van der Waals surface area contributed by atoms with Crippen molar-refractivity contribution < 1.29 is 4.79 Å². The fourth-order valence-corrected chi connectivity index (χ4v) is 3.11. The first-order valence-electron chi connectivity index (χ1n) is 5.60. The van der Waals surface area contributed by atoms with Gasteiger partial charge in [-0.1, -0.05) is 11.6 Å². The van der Waals surface area contributed by atoms with E-state index in [0.29, 0.717) is 16.3 Å². The minimum absolute atomic E-state index is 0.123. The van der Waals surface area contributed by atoms with Gasteiger partial charge < -0.3 is 11.1 Å². The largest absolute Gasteiger partial charge is 0.398 e. The first kappa shape index (κ1) is 12.6. The maximum atomic E-state index is 12.0. The van der Waals surface area contributed by atoms with Gasteiger partial charge in [0.2, 0.25) is 0 Å². The van der Waals surface area contributed by atoms with E-state index in [9.17, 15) is 4.79 Å². The summed E-state index contributed by atoms with van der Waals surface area (Å²) in [5, 5.41) is 3.54. The van der Waals surface area contributed by atoms with Gasteiger partial charge in [0, 0.05) is 16.8 Å². The van der Waals surface area contributed by atoms with Crippen molar-refractivity contribution in [2.75, 3.05) is 17.2 Å². The molecule has 1 aromatic rings. The Hall–Kier alpha value is -0.870. The van der Waals surface area contributed by atoms with Crippen LogP contribution < -0.4 is 11.1 Å². The van der Waals surface area contributed by atoms with E-state index in [1.165, 1.54) is 0 Å². The number of benzene rings is 1. The van der Waals surface area contributed by atoms with Crippen molar-refractivity contribution in [1.29, 1.82) is 0 Å². The summed E-state index contributed by atoms with van der Waals surface area (Å²) < 4.78 is 0. The fraction of sp³-hybridized carbons (Fsp3) is 0.417. The Labute approximate surface area is 110 Å². The highest BCUT2D eigenvalue weighted by molar-refractivity contribution is 7.99. The molecule has 1 amide bonds. The molecule has 5 heteroatoms. The number of nitrogens with one attached hydrogen (secondary N) is 1. The molecule has 1 aliphatic heterocycles. The van der Waals surface area contributed by atoms with E-state index in [1.54, 1.807) is 18.2 Å². The molecule has 0 aliphatic carbocycles. The molecular formula is C12H15ClN2OS. The summed E-state index contributed by atoms with van der Waals surface area (Å²) >= 11 is 7.79. The molecule has 1 fully saturated rings. The Bertz CT molecular complexity index is 419. The molecule has 0 radical (unpaired) electrons. The summed E-state index contributed by atoms with van der Waals surface area (Å²) in [6, 6.07) is 5.23. The molecule has 0 unspecified atom stereocenters. The standard InChI is InChI=1S/C12H15ClN2OS/c13-8-1-2-11(14)10(7-8)12(16)15-9-3-5-17-6-4-9/h1-2,7,9H,3-6,14H2,(H,15,16). The molecule has 2 rings (SSSR count). The molecule has 0 saturated carbocycles. The van der Waals surface area contributed by atoms with Gasteiger partial charge in [-0.25, -0.2) is 0 Å². The Morgan fingerprint density at radius 2 is 2.12 bits per heavy atom. The summed E-state index contributed by atoms with van der Waals surface area (Å²) in [6.07, 6.45) is 2.05. The van der Waals surface area contributed by atoms with Crippen molar-refractivity contribution in [2.24, 2.45) is 0 Å². The third-order valence-electron chi connectivity index (χ3n) is 2.82. The van der Waals surface area contributed by atoms with Gasteiger partial charge in [0.15, 0.2) is 0 Å². The van der Waals surface area contributed by atoms with Gasteiger partial charge in [0.05, 0.1) is 5.56 Å². The first-order valence-corrected chi connectivity index (χ1v) is 7.14. The van der Waals surface area contributed by atoms with Crippen LogP contribution in [0.15, 0.2) is 18.2 Å². The zero-order chi connectivity index (χ0) is 12.3. The predicted molar refractivity (Wildman–Crippen MR) is 73.7 cm³/mol. The maximum Gasteiger partial charge on any atom is 0.253 e. The number of nitrogens with two attached hydrogens (primary N) is 1. The van der Waals surface area contributed by atoms with E-state index < -0.39 is 0 Å². The van der Waals surface area contributed by atoms with Crippen molar-refractivity contribution in [3.05, 3.63) is 28.8 Å². The highest BCUT2D eigenvalue weighted by Gasteiger charge is 2.18. The van der Waals surface area contributed by atoms with Gasteiger partial charge in [0.1, 0.15) is 0 Å². The minimum atomic E-state index is -0.123. The molecule has 0 aromatic heterocycles. The van der Waals surface area contributed by atoms with Crippen LogP contribution in [-0.2, 0) is 0 Å². The lowest BCUT2D eigenvalue weighted by atomic mass is 10.1. The van der Waals surface area contributed by atoms with E-state index in [2.05, 4.69) is 5.32 Å². The van der Waals surface area contributed by atoms with Gasteiger partial charge in [-0.15, -0.1) is 0 Å². The monoisotopic (exact) mass is 270 g/mol. The number of hydrogen-bond acceptors (Lipinski definition) is 3. The normalized spacial score (nSPS) is 16.8. The predicted octanol–water partition coefficient (Wildman–Crippen LogP) is 2.55. The van der Waals surface area contributed by atoms with Gasteiger partial charge in [-0.3, -0.25) is 4.79 Å². The Morgan fingerprint density at radius 1 is 1.41 bits per heavy atom. The first-order chi connectivity index (χ1) is 8.16. The SMILES string of the molecule is Nc1ccc(Cl)cc1C(=O)NC1CCSCC1. The molecule has 1 aliphatic rings. The average Bonchev–Trinajstić information content (AvgIpc) is 2.33. The molecule has 3 nitrogen and oxygen atoms in total. The number of halogens is 1. The van der Waals surface area contributed by atoms with Crippen LogP contribution in [0, 0.1) is 0 Å². The van der Waals surface area contributed by atoms with Crippen molar-refractivity contribution in [3.8, 4) is 0 Å². The fourth-order valence-electron chi connectivity index (χ4n) is 1.83. The van der Waals surface area contributed by atoms with Crippen LogP contribution in [0.25, 0.3) is 0 Å². The quantitative estimate of drug-likeness (QED) is 0.812. The minimum Gasteiger partial charge on any atom is -0.398 e. The molecule has 1 heterocycles. The molecule has 1 saturated heterocycles. The highest BCUT2D eigenvalue weighted by atomic mass is 35.5. The number of carbonyl (C=O) groups is 1. The van der Waals surface area contributed by atoms with Crippen molar-refractivity contribution in [1.82, 2.24) is 5.32 Å². The van der Waals surface area contributed by atoms with Crippen LogP contribution in [0.1, 0.15) is 23.2 Å². The lowest BCUT2D eigenvalue weighted by molar-refractivity contribution is 0.0936. The summed E-state index contributed by atoms with van der Waals surface area (Å²) in [5.41, 5.74) is 6.71. The lowest BCUT2D eigenvalue weighted by Crippen LogP contribution is -2.37. The van der Waals surface area contributed by atoms with E-state index in [-0.39, 0.29) is 11.9 Å². The average molecular weight is 271 g/mol. The topological polar surface area (TPSA) is 55.1 Å². The molecule has 3 N–H and O–H groups in total. The van der Waals surface area contributed by atoms with Gasteiger partial charge >= 0.3 is 0 Å². The molecule has 0 bridgehead atoms. The summed E-state index contributed by atoms with van der Waals surface area (Å²) in [5.74, 6) is 2.09. The summed E-state index contributed by atoms with van der Waals surface area (Å²) in [4.78, 5) is 12.0. The highest BCUT2D eigenvalue weighted by Crippen LogP contribution is 2.20. The van der Waals surface area contributed by atoms with Gasteiger partial charge in [-0.05, 0) is 42.5 Å². The van der Waals surface area contributed by atoms with E-state index >= 15 is 0 Å². The molecule has 0 spiro atoms. The zero-order valence-corrected chi connectivity index (χ0v) is 11.0. The second-order valence-corrected chi connectivity index (χ2v) is 5.75. The van der Waals surface area contributed by atoms with Crippen LogP contribution in [-0.4, -0.2) is 23.5 Å². The Morgan fingerprint density at radius 3 is 2.82 bits per heavy atom. The maximum absolute atomic E-state index is 12.0. The van der Waals surface area contributed by atoms with Crippen molar-refractivity contribution in [2.45, 2.75) is 18.9 Å². The number of nitrogen functional groups attached to an aromatic ring is 1. The van der Waals surface area contributed by atoms with Gasteiger partial charge in [-0.2, -0.15) is 11.8 Å². The Balaban J connectivity index is 2.05. The zero-order valence-electron chi connectivity index (χ0n) is 9.41. The van der Waals surface area contributed by atoms with Crippen LogP contribution in [0.2, 0.25) is 5.02 Å². The summed E-state index contributed by atoms with van der Waals surface area (Å²) in [7, 11) is 0. The second-order valence-electron chi connectivity index (χ2n) is 4.09. The second kappa shape index (κ2) is 5.65. The molecule has 17 heavy (non-hydrogen) atoms. The number of amides is 1. The van der Waals surface area contributed by atoms with E-state index in [4.69, 9.17) is 17.3 Å². The van der Waals surface area contributed by atoms with E-state index in [1.807, 2.05) is 11.8 Å². The van der Waals surface area contributed by atoms with Gasteiger partial charge in [0.25, 0.3) is 5.91 Å². The third-order valence-corrected chi connectivity index (χ3v) is 4.10. The van der Waals surface area contributed by atoms with Crippen LogP contribution >= 0.6 is 23.4 Å². The molecule has 1 aromatic carbocycles. The number of carbonyl (C=O) groups excluding carboxylic acids is 1.